The molecule has 0 aliphatic carbocycles. The van der Waals surface area contributed by atoms with E-state index in [1.807, 2.05) is 0 Å². The van der Waals surface area contributed by atoms with E-state index >= 15 is 0 Å². The summed E-state index contributed by atoms with van der Waals surface area (Å²) in [5.41, 5.74) is 0. The average molecular weight is 267 g/mol. The molecule has 0 bridgehead atoms. The third kappa shape index (κ3) is 1.81. The predicted molar refractivity (Wildman–Crippen MR) is 63.2 cm³/mol. The van der Waals surface area contributed by atoms with E-state index in [0.29, 0.717) is 13.0 Å². The van der Waals surface area contributed by atoms with Crippen LogP contribution in [0.25, 0.3) is 0 Å². The van der Waals surface area contributed by atoms with Gasteiger partial charge in [0, 0.05) is 12.5 Å². The number of hydrogen-bond donors (Lipinski definition) is 0. The molecule has 96 valence electrons. The Morgan fingerprint density at radius 2 is 1.89 bits per heavy atom. The number of hydrogen-bond acceptors (Lipinski definition) is 4. The van der Waals surface area contributed by atoms with E-state index in [1.165, 1.54) is 4.31 Å². The van der Waals surface area contributed by atoms with Crippen molar-refractivity contribution in [2.45, 2.75) is 17.4 Å². The highest BCUT2D eigenvalue weighted by Crippen LogP contribution is 2.32. The standard InChI is InChI=1S/C12H13NO4S/c14-12-6-9-7-13(8-11(9)17-12)18(15,16)10-4-2-1-3-5-10/h1-5,9,11H,6-8H2/t9-,11+/m0/s1. The van der Waals surface area contributed by atoms with Gasteiger partial charge in [-0.3, -0.25) is 4.79 Å². The molecule has 6 heteroatoms. The number of benzene rings is 1. The number of nitrogens with zero attached hydrogens (tertiary/aromatic N) is 1. The molecule has 1 aromatic rings. The quantitative estimate of drug-likeness (QED) is 0.737. The number of rotatable bonds is 2. The Bertz CT molecular complexity index is 553. The predicted octanol–water partition coefficient (Wildman–Crippen LogP) is 0.623. The molecule has 2 heterocycles. The molecular formula is C12H13NO4S. The van der Waals surface area contributed by atoms with E-state index in [1.54, 1.807) is 30.3 Å². The summed E-state index contributed by atoms with van der Waals surface area (Å²) in [4.78, 5) is 11.4. The van der Waals surface area contributed by atoms with Gasteiger partial charge in [-0.15, -0.1) is 0 Å². The summed E-state index contributed by atoms with van der Waals surface area (Å²) in [5, 5.41) is 0. The summed E-state index contributed by atoms with van der Waals surface area (Å²) in [6, 6.07) is 8.33. The number of ether oxygens (including phenoxy) is 1. The lowest BCUT2D eigenvalue weighted by atomic mass is 10.1. The van der Waals surface area contributed by atoms with Gasteiger partial charge in [0.1, 0.15) is 6.10 Å². The molecule has 5 nitrogen and oxygen atoms in total. The van der Waals surface area contributed by atoms with E-state index in [4.69, 9.17) is 4.74 Å². The minimum atomic E-state index is -3.46. The summed E-state index contributed by atoms with van der Waals surface area (Å²) in [6.07, 6.45) is 0.0573. The molecule has 2 aliphatic rings. The number of sulfonamides is 1. The molecule has 2 fully saturated rings. The van der Waals surface area contributed by atoms with Gasteiger partial charge in [0.15, 0.2) is 0 Å². The van der Waals surface area contributed by atoms with E-state index in [-0.39, 0.29) is 29.4 Å². The minimum Gasteiger partial charge on any atom is -0.461 e. The second-order valence-electron chi connectivity index (χ2n) is 4.63. The molecule has 2 saturated heterocycles. The maximum atomic E-state index is 12.3. The van der Waals surface area contributed by atoms with Crippen LogP contribution in [0.2, 0.25) is 0 Å². The van der Waals surface area contributed by atoms with Crippen molar-refractivity contribution in [1.82, 2.24) is 4.31 Å². The third-order valence-corrected chi connectivity index (χ3v) is 5.29. The van der Waals surface area contributed by atoms with Gasteiger partial charge in [0.25, 0.3) is 0 Å². The molecule has 2 aliphatic heterocycles. The lowest BCUT2D eigenvalue weighted by Crippen LogP contribution is -2.31. The highest BCUT2D eigenvalue weighted by Gasteiger charge is 2.46. The smallest absolute Gasteiger partial charge is 0.306 e. The summed E-state index contributed by atoms with van der Waals surface area (Å²) >= 11 is 0. The lowest BCUT2D eigenvalue weighted by molar-refractivity contribution is -0.141. The highest BCUT2D eigenvalue weighted by molar-refractivity contribution is 7.89. The zero-order valence-electron chi connectivity index (χ0n) is 9.65. The summed E-state index contributed by atoms with van der Waals surface area (Å²) in [5.74, 6) is -0.210. The van der Waals surface area contributed by atoms with Crippen molar-refractivity contribution in [3.05, 3.63) is 30.3 Å². The van der Waals surface area contributed by atoms with Crippen LogP contribution in [-0.4, -0.2) is 37.9 Å². The molecule has 0 N–H and O–H groups in total. The van der Waals surface area contributed by atoms with Crippen molar-refractivity contribution in [1.29, 1.82) is 0 Å². The van der Waals surface area contributed by atoms with Crippen LogP contribution in [-0.2, 0) is 19.6 Å². The van der Waals surface area contributed by atoms with Gasteiger partial charge in [-0.2, -0.15) is 4.31 Å². The maximum absolute atomic E-state index is 12.3. The Kier molecular flexibility index (Phi) is 2.64. The van der Waals surface area contributed by atoms with Crippen molar-refractivity contribution in [2.75, 3.05) is 13.1 Å². The fourth-order valence-corrected chi connectivity index (χ4v) is 4.03. The van der Waals surface area contributed by atoms with E-state index in [2.05, 4.69) is 0 Å². The van der Waals surface area contributed by atoms with E-state index in [9.17, 15) is 13.2 Å². The summed E-state index contributed by atoms with van der Waals surface area (Å²) in [7, 11) is -3.46. The zero-order chi connectivity index (χ0) is 12.8. The Morgan fingerprint density at radius 3 is 2.56 bits per heavy atom. The number of fused-ring (bicyclic) bond motifs is 1. The first-order chi connectivity index (χ1) is 8.57. The Hall–Kier alpha value is -1.40. The van der Waals surface area contributed by atoms with Gasteiger partial charge in [-0.05, 0) is 12.1 Å². The lowest BCUT2D eigenvalue weighted by Gasteiger charge is -2.16. The Balaban J connectivity index is 1.83. The van der Waals surface area contributed by atoms with Gasteiger partial charge >= 0.3 is 5.97 Å². The second kappa shape index (κ2) is 4.07. The molecule has 0 amide bonds. The third-order valence-electron chi connectivity index (χ3n) is 3.44. The van der Waals surface area contributed by atoms with Crippen molar-refractivity contribution in [3.8, 4) is 0 Å². The fourth-order valence-electron chi connectivity index (χ4n) is 2.50. The van der Waals surface area contributed by atoms with Crippen LogP contribution in [0.15, 0.2) is 35.2 Å². The Labute approximate surface area is 105 Å². The molecular weight excluding hydrogens is 254 g/mol. The Morgan fingerprint density at radius 1 is 1.17 bits per heavy atom. The van der Waals surface area contributed by atoms with Crippen LogP contribution >= 0.6 is 0 Å². The molecule has 1 aromatic carbocycles. The normalized spacial score (nSPS) is 28.1. The van der Waals surface area contributed by atoms with Gasteiger partial charge in [-0.25, -0.2) is 8.42 Å². The molecule has 0 spiro atoms. The van der Waals surface area contributed by atoms with Crippen LogP contribution in [0.5, 0.6) is 0 Å². The molecule has 3 rings (SSSR count). The molecule has 0 saturated carbocycles. The van der Waals surface area contributed by atoms with Crippen LogP contribution in [0.4, 0.5) is 0 Å². The number of esters is 1. The topological polar surface area (TPSA) is 63.7 Å². The zero-order valence-corrected chi connectivity index (χ0v) is 10.5. The number of carbonyl (C=O) groups excluding carboxylic acids is 1. The van der Waals surface area contributed by atoms with Gasteiger partial charge in [-0.1, -0.05) is 18.2 Å². The SMILES string of the molecule is O=C1C[C@H]2CN(S(=O)(=O)c3ccccc3)C[C@H]2O1. The van der Waals surface area contributed by atoms with Crippen molar-refractivity contribution < 1.29 is 17.9 Å². The average Bonchev–Trinajstić information content (AvgIpc) is 2.87. The molecule has 2 atom stereocenters. The first-order valence-corrected chi connectivity index (χ1v) is 7.26. The van der Waals surface area contributed by atoms with Crippen molar-refractivity contribution in [2.24, 2.45) is 5.92 Å². The van der Waals surface area contributed by atoms with Crippen LogP contribution < -0.4 is 0 Å². The second-order valence-corrected chi connectivity index (χ2v) is 6.57. The van der Waals surface area contributed by atoms with Gasteiger partial charge in [0.05, 0.1) is 17.9 Å². The summed E-state index contributed by atoms with van der Waals surface area (Å²) < 4.78 is 31.2. The monoisotopic (exact) mass is 267 g/mol. The van der Waals surface area contributed by atoms with E-state index < -0.39 is 10.0 Å². The first-order valence-electron chi connectivity index (χ1n) is 5.82. The number of carbonyl (C=O) groups is 1. The van der Waals surface area contributed by atoms with E-state index in [0.717, 1.165) is 0 Å². The van der Waals surface area contributed by atoms with Crippen LogP contribution in [0.3, 0.4) is 0 Å². The first kappa shape index (κ1) is 11.7. The highest BCUT2D eigenvalue weighted by atomic mass is 32.2. The van der Waals surface area contributed by atoms with Crippen LogP contribution in [0, 0.1) is 5.92 Å². The largest absolute Gasteiger partial charge is 0.461 e. The minimum absolute atomic E-state index is 0.0102. The molecule has 0 radical (unpaired) electrons. The maximum Gasteiger partial charge on any atom is 0.306 e. The van der Waals surface area contributed by atoms with Gasteiger partial charge < -0.3 is 4.74 Å². The molecule has 0 aromatic heterocycles. The van der Waals surface area contributed by atoms with Crippen molar-refractivity contribution >= 4 is 16.0 Å². The summed E-state index contributed by atoms with van der Waals surface area (Å²) in [6.45, 7) is 0.640. The molecule has 18 heavy (non-hydrogen) atoms. The fraction of sp³-hybridized carbons (Fsp3) is 0.417. The van der Waals surface area contributed by atoms with Gasteiger partial charge in [0.2, 0.25) is 10.0 Å². The van der Waals surface area contributed by atoms with Crippen molar-refractivity contribution in [3.63, 3.8) is 0 Å². The van der Waals surface area contributed by atoms with Crippen LogP contribution in [0.1, 0.15) is 6.42 Å². The molecule has 0 unspecified atom stereocenters.